The molecule has 1 heterocycles. The van der Waals surface area contributed by atoms with E-state index in [0.29, 0.717) is 18.9 Å². The van der Waals surface area contributed by atoms with Gasteiger partial charge in [-0.1, -0.05) is 24.3 Å². The molecule has 2 aromatic rings. The van der Waals surface area contributed by atoms with E-state index in [-0.39, 0.29) is 12.5 Å². The second-order valence-corrected chi connectivity index (χ2v) is 6.69. The van der Waals surface area contributed by atoms with Crippen LogP contribution in [0.15, 0.2) is 48.5 Å². The highest BCUT2D eigenvalue weighted by atomic mass is 16.5. The number of amides is 1. The van der Waals surface area contributed by atoms with Crippen molar-refractivity contribution in [2.45, 2.75) is 26.3 Å². The Kier molecular flexibility index (Phi) is 7.11. The molecule has 2 aromatic carbocycles. The molecule has 1 N–H and O–H groups in total. The molecule has 1 aliphatic rings. The molecule has 0 radical (unpaired) electrons. The Morgan fingerprint density at radius 3 is 2.48 bits per heavy atom. The summed E-state index contributed by atoms with van der Waals surface area (Å²) < 4.78 is 10.9. The molecular formula is C22H28N2O3. The highest BCUT2D eigenvalue weighted by Gasteiger charge is 2.14. The number of rotatable bonds is 9. The first-order valence-corrected chi connectivity index (χ1v) is 9.66. The molecule has 0 saturated heterocycles. The summed E-state index contributed by atoms with van der Waals surface area (Å²) in [6, 6.07) is 15.9. The summed E-state index contributed by atoms with van der Waals surface area (Å²) in [7, 11) is 0. The van der Waals surface area contributed by atoms with Crippen molar-refractivity contribution >= 4 is 5.91 Å². The van der Waals surface area contributed by atoms with Gasteiger partial charge in [-0.25, -0.2) is 0 Å². The van der Waals surface area contributed by atoms with Crippen LogP contribution < -0.4 is 14.8 Å². The van der Waals surface area contributed by atoms with Crippen LogP contribution in [0, 0.1) is 0 Å². The molecule has 5 heteroatoms. The summed E-state index contributed by atoms with van der Waals surface area (Å²) in [6.45, 7) is 6.37. The van der Waals surface area contributed by atoms with Crippen LogP contribution in [0.4, 0.5) is 0 Å². The summed E-state index contributed by atoms with van der Waals surface area (Å²) in [5.41, 5.74) is 2.89. The minimum Gasteiger partial charge on any atom is -0.494 e. The smallest absolute Gasteiger partial charge is 0.257 e. The van der Waals surface area contributed by atoms with Gasteiger partial charge in [0.15, 0.2) is 6.61 Å². The number of nitrogens with one attached hydrogen (secondary N) is 1. The van der Waals surface area contributed by atoms with Crippen LogP contribution >= 0.6 is 0 Å². The van der Waals surface area contributed by atoms with Crippen LogP contribution in [0.1, 0.15) is 24.5 Å². The third-order valence-electron chi connectivity index (χ3n) is 4.69. The van der Waals surface area contributed by atoms with Crippen LogP contribution in [-0.4, -0.2) is 43.7 Å². The quantitative estimate of drug-likeness (QED) is 0.691. The maximum atomic E-state index is 11.9. The number of benzene rings is 2. The number of fused-ring (bicyclic) bond motifs is 1. The fourth-order valence-electron chi connectivity index (χ4n) is 3.27. The average Bonchev–Trinajstić information content (AvgIpc) is 2.71. The van der Waals surface area contributed by atoms with E-state index >= 15 is 0 Å². The van der Waals surface area contributed by atoms with Crippen molar-refractivity contribution in [1.82, 2.24) is 10.2 Å². The Morgan fingerprint density at radius 1 is 1.04 bits per heavy atom. The molecule has 0 unspecified atom stereocenters. The molecule has 0 aromatic heterocycles. The average molecular weight is 368 g/mol. The van der Waals surface area contributed by atoms with E-state index in [1.54, 1.807) is 0 Å². The minimum absolute atomic E-state index is 0.0328. The Morgan fingerprint density at radius 2 is 1.74 bits per heavy atom. The second kappa shape index (κ2) is 9.97. The Hall–Kier alpha value is -2.53. The van der Waals surface area contributed by atoms with Crippen molar-refractivity contribution in [2.75, 3.05) is 32.8 Å². The van der Waals surface area contributed by atoms with Gasteiger partial charge in [-0.05, 0) is 55.2 Å². The Balaban J connectivity index is 1.30. The summed E-state index contributed by atoms with van der Waals surface area (Å²) in [6.07, 6.45) is 2.05. The lowest BCUT2D eigenvalue weighted by Gasteiger charge is -2.28. The van der Waals surface area contributed by atoms with Crippen molar-refractivity contribution in [2.24, 2.45) is 0 Å². The molecule has 3 rings (SSSR count). The molecule has 0 aliphatic carbocycles. The molecule has 0 saturated carbocycles. The van der Waals surface area contributed by atoms with Gasteiger partial charge in [-0.3, -0.25) is 9.69 Å². The van der Waals surface area contributed by atoms with Gasteiger partial charge in [0.1, 0.15) is 11.5 Å². The second-order valence-electron chi connectivity index (χ2n) is 6.69. The third kappa shape index (κ3) is 6.00. The van der Waals surface area contributed by atoms with Crippen molar-refractivity contribution in [3.8, 4) is 11.5 Å². The molecule has 27 heavy (non-hydrogen) atoms. The van der Waals surface area contributed by atoms with E-state index in [4.69, 9.17) is 9.47 Å². The zero-order valence-corrected chi connectivity index (χ0v) is 15.9. The highest BCUT2D eigenvalue weighted by Crippen LogP contribution is 2.18. The normalized spacial score (nSPS) is 13.7. The van der Waals surface area contributed by atoms with Crippen molar-refractivity contribution in [1.29, 1.82) is 0 Å². The first-order chi connectivity index (χ1) is 13.2. The van der Waals surface area contributed by atoms with Gasteiger partial charge in [0.2, 0.25) is 0 Å². The summed E-state index contributed by atoms with van der Waals surface area (Å²) in [4.78, 5) is 14.4. The Labute approximate surface area is 161 Å². The topological polar surface area (TPSA) is 50.8 Å². The van der Waals surface area contributed by atoms with E-state index < -0.39 is 0 Å². The monoisotopic (exact) mass is 368 g/mol. The van der Waals surface area contributed by atoms with Gasteiger partial charge in [0.25, 0.3) is 5.91 Å². The van der Waals surface area contributed by atoms with Crippen LogP contribution in [-0.2, 0) is 17.8 Å². The van der Waals surface area contributed by atoms with Crippen LogP contribution in [0.25, 0.3) is 0 Å². The van der Waals surface area contributed by atoms with E-state index in [0.717, 1.165) is 38.2 Å². The molecule has 5 nitrogen and oxygen atoms in total. The molecule has 1 amide bonds. The zero-order chi connectivity index (χ0) is 18.9. The lowest BCUT2D eigenvalue weighted by atomic mass is 10.00. The predicted molar refractivity (Wildman–Crippen MR) is 106 cm³/mol. The van der Waals surface area contributed by atoms with Crippen molar-refractivity contribution in [3.63, 3.8) is 0 Å². The Bertz CT molecular complexity index is 731. The van der Waals surface area contributed by atoms with Crippen LogP contribution in [0.2, 0.25) is 0 Å². The van der Waals surface area contributed by atoms with Gasteiger partial charge in [0.05, 0.1) is 6.61 Å². The summed E-state index contributed by atoms with van der Waals surface area (Å²) in [5, 5.41) is 2.93. The minimum atomic E-state index is -0.0899. The maximum absolute atomic E-state index is 11.9. The number of hydrogen-bond acceptors (Lipinski definition) is 4. The number of nitrogens with zero attached hydrogens (tertiary/aromatic N) is 1. The lowest BCUT2D eigenvalue weighted by molar-refractivity contribution is -0.123. The first kappa shape index (κ1) is 19.2. The van der Waals surface area contributed by atoms with E-state index in [2.05, 4.69) is 34.5 Å². The largest absolute Gasteiger partial charge is 0.494 e. The standard InChI is InChI=1S/C22H28N2O3/c1-2-26-20-8-10-21(11-9-20)27-17-22(25)23-13-5-14-24-15-12-18-6-3-4-7-19(18)16-24/h3-4,6-11H,2,5,12-17H2,1H3,(H,23,25). The van der Waals surface area contributed by atoms with Crippen molar-refractivity contribution in [3.05, 3.63) is 59.7 Å². The summed E-state index contributed by atoms with van der Waals surface area (Å²) in [5.74, 6) is 1.38. The predicted octanol–water partition coefficient (Wildman–Crippen LogP) is 3.03. The van der Waals surface area contributed by atoms with Gasteiger partial charge in [-0.15, -0.1) is 0 Å². The maximum Gasteiger partial charge on any atom is 0.257 e. The fourth-order valence-corrected chi connectivity index (χ4v) is 3.27. The zero-order valence-electron chi connectivity index (χ0n) is 15.9. The van der Waals surface area contributed by atoms with Gasteiger partial charge in [-0.2, -0.15) is 0 Å². The van der Waals surface area contributed by atoms with E-state index in [1.165, 1.54) is 11.1 Å². The van der Waals surface area contributed by atoms with Gasteiger partial charge < -0.3 is 14.8 Å². The summed E-state index contributed by atoms with van der Waals surface area (Å²) >= 11 is 0. The van der Waals surface area contributed by atoms with Gasteiger partial charge >= 0.3 is 0 Å². The molecule has 0 bridgehead atoms. The molecule has 144 valence electrons. The lowest BCUT2D eigenvalue weighted by Crippen LogP contribution is -2.34. The number of carbonyl (C=O) groups is 1. The molecule has 0 fully saturated rings. The number of ether oxygens (including phenoxy) is 2. The van der Waals surface area contributed by atoms with Gasteiger partial charge in [0, 0.05) is 26.2 Å². The molecule has 1 aliphatic heterocycles. The fraction of sp³-hybridized carbons (Fsp3) is 0.409. The van der Waals surface area contributed by atoms with E-state index in [9.17, 15) is 4.79 Å². The third-order valence-corrected chi connectivity index (χ3v) is 4.69. The molecular weight excluding hydrogens is 340 g/mol. The van der Waals surface area contributed by atoms with E-state index in [1.807, 2.05) is 31.2 Å². The highest BCUT2D eigenvalue weighted by molar-refractivity contribution is 5.77. The SMILES string of the molecule is CCOc1ccc(OCC(=O)NCCCN2CCc3ccccc3C2)cc1. The number of carbonyl (C=O) groups excluding carboxylic acids is 1. The van der Waals surface area contributed by atoms with Crippen LogP contribution in [0.3, 0.4) is 0 Å². The van der Waals surface area contributed by atoms with Crippen molar-refractivity contribution < 1.29 is 14.3 Å². The van der Waals surface area contributed by atoms with Crippen LogP contribution in [0.5, 0.6) is 11.5 Å². The first-order valence-electron chi connectivity index (χ1n) is 9.66. The molecule has 0 atom stereocenters. The number of hydrogen-bond donors (Lipinski definition) is 1. The molecule has 0 spiro atoms.